The zero-order valence-corrected chi connectivity index (χ0v) is 26.6. The van der Waals surface area contributed by atoms with Gasteiger partial charge in [0.2, 0.25) is 0 Å². The second-order valence-electron chi connectivity index (χ2n) is 11.5. The highest BCUT2D eigenvalue weighted by Crippen LogP contribution is 2.30. The molecule has 0 aromatic heterocycles. The summed E-state index contributed by atoms with van der Waals surface area (Å²) in [6, 6.07) is 3.28. The molecule has 0 amide bonds. The molecular weight excluding hydrogens is 562 g/mol. The molecule has 0 radical (unpaired) electrons. The molecule has 12 heteroatoms. The van der Waals surface area contributed by atoms with Gasteiger partial charge in [-0.05, 0) is 56.2 Å². The molecule has 0 aliphatic rings. The van der Waals surface area contributed by atoms with E-state index in [1.807, 2.05) is 34.6 Å². The van der Waals surface area contributed by atoms with E-state index in [0.717, 1.165) is 25.7 Å². The number of nitrogens with two attached hydrogens (primary N) is 1. The highest BCUT2D eigenvalue weighted by Gasteiger charge is 2.26. The van der Waals surface area contributed by atoms with Crippen molar-refractivity contribution in [3.8, 4) is 11.5 Å². The molecule has 12 nitrogen and oxygen atoms in total. The summed E-state index contributed by atoms with van der Waals surface area (Å²) in [6.07, 6.45) is 0.703. The second-order valence-corrected chi connectivity index (χ2v) is 11.5. The summed E-state index contributed by atoms with van der Waals surface area (Å²) < 4.78 is 36.4. The Morgan fingerprint density at radius 2 is 1.28 bits per heavy atom. The third kappa shape index (κ3) is 16.6. The number of benzene rings is 1. The van der Waals surface area contributed by atoms with Gasteiger partial charge in [-0.15, -0.1) is 0 Å². The van der Waals surface area contributed by atoms with Gasteiger partial charge < -0.3 is 38.9 Å². The SMILES string of the molecule is CCCCCOC(=O)Oc1ccc(C[C@H](N)C(=O)O[C@@H](C)C(C)OC(=O)OCC(C)(C)C)cc1OC(=O)OCCCCC. The fourth-order valence-corrected chi connectivity index (χ4v) is 3.36. The summed E-state index contributed by atoms with van der Waals surface area (Å²) in [7, 11) is 0. The van der Waals surface area contributed by atoms with E-state index in [0.29, 0.717) is 18.4 Å². The van der Waals surface area contributed by atoms with Crippen LogP contribution in [0, 0.1) is 5.41 Å². The minimum Gasteiger partial charge on any atom is -0.458 e. The molecule has 43 heavy (non-hydrogen) atoms. The molecule has 0 heterocycles. The molecule has 0 bridgehead atoms. The third-order valence-electron chi connectivity index (χ3n) is 5.96. The first-order valence-electron chi connectivity index (χ1n) is 14.9. The Labute approximate surface area is 254 Å². The van der Waals surface area contributed by atoms with Gasteiger partial charge in [-0.3, -0.25) is 4.79 Å². The Morgan fingerprint density at radius 1 is 0.744 bits per heavy atom. The average molecular weight is 612 g/mol. The van der Waals surface area contributed by atoms with Gasteiger partial charge >= 0.3 is 24.4 Å². The second kappa shape index (κ2) is 19.6. The summed E-state index contributed by atoms with van der Waals surface area (Å²) in [6.45, 7) is 13.5. The minimum atomic E-state index is -1.10. The number of carbonyl (C=O) groups excluding carboxylic acids is 4. The Morgan fingerprint density at radius 3 is 1.81 bits per heavy atom. The summed E-state index contributed by atoms with van der Waals surface area (Å²) in [4.78, 5) is 49.1. The van der Waals surface area contributed by atoms with Gasteiger partial charge in [0.25, 0.3) is 0 Å². The van der Waals surface area contributed by atoms with Crippen LogP contribution in [0.15, 0.2) is 18.2 Å². The fraction of sp³-hybridized carbons (Fsp3) is 0.677. The van der Waals surface area contributed by atoms with Gasteiger partial charge in [0, 0.05) is 0 Å². The molecule has 244 valence electrons. The summed E-state index contributed by atoms with van der Waals surface area (Å²) in [5.41, 5.74) is 6.36. The lowest BCUT2D eigenvalue weighted by atomic mass is 9.99. The van der Waals surface area contributed by atoms with E-state index in [-0.39, 0.29) is 43.2 Å². The number of unbranched alkanes of at least 4 members (excludes halogenated alkanes) is 4. The van der Waals surface area contributed by atoms with Crippen molar-refractivity contribution in [2.75, 3.05) is 19.8 Å². The Kier molecular flexibility index (Phi) is 17.1. The highest BCUT2D eigenvalue weighted by molar-refractivity contribution is 5.76. The third-order valence-corrected chi connectivity index (χ3v) is 5.96. The molecule has 1 unspecified atom stereocenters. The highest BCUT2D eigenvalue weighted by atomic mass is 16.7. The quantitative estimate of drug-likeness (QED) is 0.0884. The number of rotatable bonds is 17. The average Bonchev–Trinajstić information content (AvgIpc) is 2.93. The van der Waals surface area contributed by atoms with E-state index in [1.54, 1.807) is 19.9 Å². The number of carbonyl (C=O) groups is 4. The summed E-state index contributed by atoms with van der Waals surface area (Å²) in [5.74, 6) is -0.906. The zero-order valence-electron chi connectivity index (χ0n) is 26.6. The molecule has 0 saturated heterocycles. The summed E-state index contributed by atoms with van der Waals surface area (Å²) >= 11 is 0. The maximum atomic E-state index is 12.7. The maximum absolute atomic E-state index is 12.7. The Balaban J connectivity index is 2.85. The van der Waals surface area contributed by atoms with Crippen LogP contribution in [-0.2, 0) is 34.9 Å². The first-order chi connectivity index (χ1) is 20.2. The topological polar surface area (TPSA) is 159 Å². The largest absolute Gasteiger partial charge is 0.513 e. The van der Waals surface area contributed by atoms with E-state index >= 15 is 0 Å². The Bertz CT molecular complexity index is 1020. The lowest BCUT2D eigenvalue weighted by molar-refractivity contribution is -0.155. The first-order valence-corrected chi connectivity index (χ1v) is 14.9. The zero-order chi connectivity index (χ0) is 32.4. The smallest absolute Gasteiger partial charge is 0.458 e. The monoisotopic (exact) mass is 611 g/mol. The van der Waals surface area contributed by atoms with Gasteiger partial charge in [0.15, 0.2) is 11.5 Å². The van der Waals surface area contributed by atoms with Crippen molar-refractivity contribution in [2.45, 2.75) is 112 Å². The fourth-order valence-electron chi connectivity index (χ4n) is 3.36. The van der Waals surface area contributed by atoms with Gasteiger partial charge in [-0.2, -0.15) is 0 Å². The van der Waals surface area contributed by atoms with Crippen LogP contribution in [0.3, 0.4) is 0 Å². The van der Waals surface area contributed by atoms with Crippen LogP contribution in [0.25, 0.3) is 0 Å². The van der Waals surface area contributed by atoms with Gasteiger partial charge in [0.1, 0.15) is 18.2 Å². The lowest BCUT2D eigenvalue weighted by Gasteiger charge is -2.23. The van der Waals surface area contributed by atoms with Crippen LogP contribution < -0.4 is 15.2 Å². The van der Waals surface area contributed by atoms with Crippen molar-refractivity contribution in [3.63, 3.8) is 0 Å². The number of esters is 1. The van der Waals surface area contributed by atoms with Crippen molar-refractivity contribution in [3.05, 3.63) is 23.8 Å². The molecule has 0 aliphatic heterocycles. The number of hydrogen-bond acceptors (Lipinski definition) is 12. The van der Waals surface area contributed by atoms with Gasteiger partial charge in [-0.1, -0.05) is 66.4 Å². The van der Waals surface area contributed by atoms with Crippen molar-refractivity contribution in [1.82, 2.24) is 0 Å². The number of hydrogen-bond donors (Lipinski definition) is 1. The van der Waals surface area contributed by atoms with E-state index < -0.39 is 42.7 Å². The van der Waals surface area contributed by atoms with Crippen LogP contribution in [-0.4, -0.2) is 62.5 Å². The minimum absolute atomic E-state index is 0.00192. The van der Waals surface area contributed by atoms with E-state index in [4.69, 9.17) is 38.9 Å². The van der Waals surface area contributed by atoms with Crippen LogP contribution >= 0.6 is 0 Å². The molecule has 3 atom stereocenters. The molecule has 1 aromatic carbocycles. The molecule has 0 spiro atoms. The standard InChI is InChI=1S/C31H49NO11/c1-8-10-12-16-37-28(34)42-25-15-14-23(19-26(25)43-29(35)38-17-13-11-9-2)18-24(32)27(33)40-21(3)22(4)41-30(36)39-20-31(5,6)7/h14-15,19,21-22,24H,8-13,16-18,20,32H2,1-7H3/t21-,22?,24-/m0/s1. The van der Waals surface area contributed by atoms with Crippen LogP contribution in [0.5, 0.6) is 11.5 Å². The van der Waals surface area contributed by atoms with Crippen LogP contribution in [0.4, 0.5) is 14.4 Å². The van der Waals surface area contributed by atoms with Gasteiger partial charge in [-0.25, -0.2) is 14.4 Å². The molecule has 1 rings (SSSR count). The van der Waals surface area contributed by atoms with E-state index in [9.17, 15) is 19.2 Å². The van der Waals surface area contributed by atoms with Crippen molar-refractivity contribution < 1.29 is 52.3 Å². The van der Waals surface area contributed by atoms with Gasteiger partial charge in [0.05, 0.1) is 19.8 Å². The van der Waals surface area contributed by atoms with Crippen molar-refractivity contribution in [1.29, 1.82) is 0 Å². The lowest BCUT2D eigenvalue weighted by Crippen LogP contribution is -2.39. The first kappa shape index (κ1) is 37.5. The van der Waals surface area contributed by atoms with E-state index in [2.05, 4.69) is 0 Å². The molecule has 2 N–H and O–H groups in total. The molecule has 1 aromatic rings. The predicted molar refractivity (Wildman–Crippen MR) is 158 cm³/mol. The Hall–Kier alpha value is -3.54. The number of ether oxygens (including phenoxy) is 7. The van der Waals surface area contributed by atoms with Crippen LogP contribution in [0.1, 0.15) is 92.6 Å². The molecule has 0 fully saturated rings. The van der Waals surface area contributed by atoms with Crippen molar-refractivity contribution in [2.24, 2.45) is 11.1 Å². The van der Waals surface area contributed by atoms with Crippen molar-refractivity contribution >= 4 is 24.4 Å². The predicted octanol–water partition coefficient (Wildman–Crippen LogP) is 6.49. The van der Waals surface area contributed by atoms with E-state index in [1.165, 1.54) is 12.1 Å². The normalized spacial score (nSPS) is 13.2. The molecule has 0 saturated carbocycles. The maximum Gasteiger partial charge on any atom is 0.513 e. The molecular formula is C31H49NO11. The summed E-state index contributed by atoms with van der Waals surface area (Å²) in [5, 5.41) is 0. The molecule has 0 aliphatic carbocycles. The van der Waals surface area contributed by atoms with Crippen LogP contribution in [0.2, 0.25) is 0 Å².